The highest BCUT2D eigenvalue weighted by molar-refractivity contribution is 6.07. The number of rotatable bonds is 4. The molecule has 0 unspecified atom stereocenters. The van der Waals surface area contributed by atoms with E-state index in [-0.39, 0.29) is 11.1 Å². The highest BCUT2D eigenvalue weighted by Crippen LogP contribution is 2.30. The van der Waals surface area contributed by atoms with Crippen LogP contribution in [0.25, 0.3) is 0 Å². The van der Waals surface area contributed by atoms with E-state index in [1.165, 1.54) is 14.2 Å². The van der Waals surface area contributed by atoms with Crippen molar-refractivity contribution in [2.45, 2.75) is 6.92 Å². The van der Waals surface area contributed by atoms with E-state index in [0.29, 0.717) is 5.69 Å². The van der Waals surface area contributed by atoms with Crippen molar-refractivity contribution in [1.29, 1.82) is 0 Å². The van der Waals surface area contributed by atoms with Crippen LogP contribution in [0, 0.1) is 6.92 Å². The lowest BCUT2D eigenvalue weighted by Gasteiger charge is -2.23. The summed E-state index contributed by atoms with van der Waals surface area (Å²) in [6.07, 6.45) is 0. The van der Waals surface area contributed by atoms with Gasteiger partial charge in [-0.15, -0.1) is 0 Å². The van der Waals surface area contributed by atoms with E-state index >= 15 is 0 Å². The van der Waals surface area contributed by atoms with Crippen molar-refractivity contribution in [2.24, 2.45) is 0 Å². The van der Waals surface area contributed by atoms with E-state index in [1.54, 1.807) is 18.2 Å². The van der Waals surface area contributed by atoms with Crippen LogP contribution in [0.5, 0.6) is 0 Å². The van der Waals surface area contributed by atoms with Gasteiger partial charge in [0, 0.05) is 12.7 Å². The average Bonchev–Trinajstić information content (AvgIpc) is 2.59. The lowest BCUT2D eigenvalue weighted by molar-refractivity contribution is 0.0556. The van der Waals surface area contributed by atoms with Gasteiger partial charge in [0.1, 0.15) is 0 Å². The smallest absolute Gasteiger partial charge is 0.340 e. The minimum absolute atomic E-state index is 0.177. The summed E-state index contributed by atoms with van der Waals surface area (Å²) in [6, 6.07) is 12.9. The lowest BCUT2D eigenvalue weighted by Crippen LogP contribution is -2.19. The summed E-state index contributed by atoms with van der Waals surface area (Å²) in [5.41, 5.74) is 2.96. The van der Waals surface area contributed by atoms with Crippen LogP contribution in [0.4, 0.5) is 11.4 Å². The molecular weight excluding hydrogens is 294 g/mol. The van der Waals surface area contributed by atoms with Gasteiger partial charge in [0.2, 0.25) is 0 Å². The number of hydrogen-bond acceptors (Lipinski definition) is 5. The van der Waals surface area contributed by atoms with Gasteiger partial charge >= 0.3 is 11.9 Å². The first kappa shape index (κ1) is 16.5. The van der Waals surface area contributed by atoms with Crippen LogP contribution in [-0.4, -0.2) is 33.2 Å². The molecule has 0 saturated heterocycles. The van der Waals surface area contributed by atoms with Gasteiger partial charge in [-0.3, -0.25) is 0 Å². The topological polar surface area (TPSA) is 55.8 Å². The first-order chi connectivity index (χ1) is 11.0. The molecule has 2 rings (SSSR count). The number of methoxy groups -OCH3 is 2. The molecule has 0 heterocycles. The molecule has 0 fully saturated rings. The van der Waals surface area contributed by atoms with Gasteiger partial charge in [0.05, 0.1) is 31.0 Å². The molecule has 0 N–H and O–H groups in total. The van der Waals surface area contributed by atoms with Crippen LogP contribution in [0.2, 0.25) is 0 Å². The summed E-state index contributed by atoms with van der Waals surface area (Å²) >= 11 is 0. The lowest BCUT2D eigenvalue weighted by atomic mass is 10.0. The summed E-state index contributed by atoms with van der Waals surface area (Å²) in [5, 5.41) is 0. The van der Waals surface area contributed by atoms with Crippen molar-refractivity contribution in [3.63, 3.8) is 0 Å². The predicted octanol–water partition coefficient (Wildman–Crippen LogP) is 3.34. The van der Waals surface area contributed by atoms with Gasteiger partial charge in [-0.25, -0.2) is 9.59 Å². The maximum atomic E-state index is 12.2. The number of hydrogen-bond donors (Lipinski definition) is 0. The van der Waals surface area contributed by atoms with Gasteiger partial charge in [0.15, 0.2) is 0 Å². The zero-order valence-corrected chi connectivity index (χ0v) is 13.6. The largest absolute Gasteiger partial charge is 0.465 e. The van der Waals surface area contributed by atoms with Crippen LogP contribution >= 0.6 is 0 Å². The van der Waals surface area contributed by atoms with Crippen LogP contribution < -0.4 is 4.90 Å². The van der Waals surface area contributed by atoms with Crippen molar-refractivity contribution in [2.75, 3.05) is 26.2 Å². The summed E-state index contributed by atoms with van der Waals surface area (Å²) in [4.78, 5) is 26.0. The van der Waals surface area contributed by atoms with Crippen LogP contribution in [0.1, 0.15) is 26.3 Å². The Morgan fingerprint density at radius 1 is 0.913 bits per heavy atom. The SMILES string of the molecule is COC(=O)c1cccc(N(C)c2ccc(C)cc2)c1C(=O)OC. The van der Waals surface area contributed by atoms with Gasteiger partial charge < -0.3 is 14.4 Å². The Labute approximate surface area is 135 Å². The fourth-order valence-corrected chi connectivity index (χ4v) is 2.32. The Kier molecular flexibility index (Phi) is 5.01. The Bertz CT molecular complexity index is 722. The van der Waals surface area contributed by atoms with E-state index in [0.717, 1.165) is 11.3 Å². The summed E-state index contributed by atoms with van der Waals surface area (Å²) < 4.78 is 9.61. The Morgan fingerprint density at radius 2 is 1.52 bits per heavy atom. The normalized spacial score (nSPS) is 10.1. The van der Waals surface area contributed by atoms with E-state index in [2.05, 4.69) is 0 Å². The van der Waals surface area contributed by atoms with Crippen LogP contribution in [0.15, 0.2) is 42.5 Å². The second-order valence-electron chi connectivity index (χ2n) is 5.08. The fraction of sp³-hybridized carbons (Fsp3) is 0.222. The number of carbonyl (C=O) groups is 2. The Balaban J connectivity index is 2.59. The predicted molar refractivity (Wildman–Crippen MR) is 88.4 cm³/mol. The Hall–Kier alpha value is -2.82. The van der Waals surface area contributed by atoms with E-state index in [4.69, 9.17) is 9.47 Å². The zero-order valence-electron chi connectivity index (χ0n) is 13.6. The zero-order chi connectivity index (χ0) is 17.0. The molecule has 0 aliphatic rings. The van der Waals surface area contributed by atoms with Gasteiger partial charge in [-0.2, -0.15) is 0 Å². The summed E-state index contributed by atoms with van der Waals surface area (Å²) in [5.74, 6) is -1.16. The molecule has 0 saturated carbocycles. The molecular formula is C18H19NO4. The van der Waals surface area contributed by atoms with E-state index in [1.807, 2.05) is 43.1 Å². The molecule has 0 spiro atoms. The van der Waals surface area contributed by atoms with Crippen molar-refractivity contribution in [1.82, 2.24) is 0 Å². The number of benzene rings is 2. The molecule has 2 aromatic rings. The van der Waals surface area contributed by atoms with Crippen molar-refractivity contribution < 1.29 is 19.1 Å². The van der Waals surface area contributed by atoms with Crippen molar-refractivity contribution in [3.8, 4) is 0 Å². The third-order valence-corrected chi connectivity index (χ3v) is 3.62. The molecule has 23 heavy (non-hydrogen) atoms. The number of ether oxygens (including phenoxy) is 2. The van der Waals surface area contributed by atoms with Gasteiger partial charge in [-0.1, -0.05) is 23.8 Å². The molecule has 0 aliphatic heterocycles. The highest BCUT2D eigenvalue weighted by atomic mass is 16.5. The number of carbonyl (C=O) groups excluding carboxylic acids is 2. The third kappa shape index (κ3) is 3.34. The average molecular weight is 313 g/mol. The van der Waals surface area contributed by atoms with Gasteiger partial charge in [0.25, 0.3) is 0 Å². The van der Waals surface area contributed by atoms with Crippen molar-refractivity contribution in [3.05, 3.63) is 59.2 Å². The molecule has 5 heteroatoms. The molecule has 0 amide bonds. The molecule has 0 aliphatic carbocycles. The quantitative estimate of drug-likeness (QED) is 0.810. The number of aryl methyl sites for hydroxylation is 1. The molecule has 0 bridgehead atoms. The minimum Gasteiger partial charge on any atom is -0.465 e. The maximum Gasteiger partial charge on any atom is 0.340 e. The van der Waals surface area contributed by atoms with Crippen LogP contribution in [-0.2, 0) is 9.47 Å². The molecule has 120 valence electrons. The monoisotopic (exact) mass is 313 g/mol. The van der Waals surface area contributed by atoms with E-state index < -0.39 is 11.9 Å². The molecule has 2 aromatic carbocycles. The molecule has 0 radical (unpaired) electrons. The molecule has 0 aromatic heterocycles. The summed E-state index contributed by atoms with van der Waals surface area (Å²) in [7, 11) is 4.39. The van der Waals surface area contributed by atoms with Crippen LogP contribution in [0.3, 0.4) is 0 Å². The second-order valence-corrected chi connectivity index (χ2v) is 5.08. The molecule has 0 atom stereocenters. The fourth-order valence-electron chi connectivity index (χ4n) is 2.32. The summed E-state index contributed by atoms with van der Waals surface area (Å²) in [6.45, 7) is 2.00. The van der Waals surface area contributed by atoms with E-state index in [9.17, 15) is 9.59 Å². The first-order valence-electron chi connectivity index (χ1n) is 7.09. The minimum atomic E-state index is -0.583. The molecule has 5 nitrogen and oxygen atoms in total. The number of esters is 2. The standard InChI is InChI=1S/C18H19NO4/c1-12-8-10-13(11-9-12)19(2)15-7-5-6-14(17(20)22-3)16(15)18(21)23-4/h5-11H,1-4H3. The second kappa shape index (κ2) is 6.96. The maximum absolute atomic E-state index is 12.2. The first-order valence-corrected chi connectivity index (χ1v) is 7.09. The number of anilines is 2. The third-order valence-electron chi connectivity index (χ3n) is 3.62. The Morgan fingerprint density at radius 3 is 2.09 bits per heavy atom. The van der Waals surface area contributed by atoms with Crippen molar-refractivity contribution >= 4 is 23.3 Å². The number of nitrogens with zero attached hydrogens (tertiary/aromatic N) is 1. The highest BCUT2D eigenvalue weighted by Gasteiger charge is 2.24. The van der Waals surface area contributed by atoms with Gasteiger partial charge in [-0.05, 0) is 31.2 Å².